The van der Waals surface area contributed by atoms with Gasteiger partial charge >= 0.3 is 0 Å². The Morgan fingerprint density at radius 3 is 2.96 bits per heavy atom. The van der Waals surface area contributed by atoms with Gasteiger partial charge in [0, 0.05) is 38.2 Å². The van der Waals surface area contributed by atoms with E-state index < -0.39 is 0 Å². The smallest absolute Gasteiger partial charge is 0.228 e. The second kappa shape index (κ2) is 6.22. The first-order valence-corrected chi connectivity index (χ1v) is 8.58. The summed E-state index contributed by atoms with van der Waals surface area (Å²) in [7, 11) is 1.94. The van der Waals surface area contributed by atoms with Crippen molar-refractivity contribution in [3.05, 3.63) is 30.0 Å². The van der Waals surface area contributed by atoms with Crippen molar-refractivity contribution in [1.82, 2.24) is 19.7 Å². The quantitative estimate of drug-likeness (QED) is 0.926. The third-order valence-corrected chi connectivity index (χ3v) is 5.08. The van der Waals surface area contributed by atoms with Gasteiger partial charge in [0.05, 0.1) is 12.4 Å². The van der Waals surface area contributed by atoms with Gasteiger partial charge in [0.15, 0.2) is 5.82 Å². The van der Waals surface area contributed by atoms with Crippen molar-refractivity contribution in [2.75, 3.05) is 23.3 Å². The van der Waals surface area contributed by atoms with Crippen LogP contribution in [0.2, 0.25) is 0 Å². The van der Waals surface area contributed by atoms with Crippen molar-refractivity contribution < 1.29 is 4.79 Å². The van der Waals surface area contributed by atoms with E-state index in [9.17, 15) is 4.79 Å². The van der Waals surface area contributed by atoms with Gasteiger partial charge in [-0.2, -0.15) is 5.10 Å². The highest BCUT2D eigenvalue weighted by Gasteiger charge is 2.28. The number of fused-ring (bicyclic) bond motifs is 1. The number of anilines is 2. The topological polar surface area (TPSA) is 75.9 Å². The number of carbonyl (C=O) groups is 1. The summed E-state index contributed by atoms with van der Waals surface area (Å²) in [5, 5.41) is 7.37. The molecule has 0 aromatic carbocycles. The molecule has 7 nitrogen and oxygen atoms in total. The molecule has 2 aromatic rings. The summed E-state index contributed by atoms with van der Waals surface area (Å²) in [5.74, 6) is 0.865. The van der Waals surface area contributed by atoms with E-state index in [0.29, 0.717) is 0 Å². The third-order valence-electron chi connectivity index (χ3n) is 5.08. The summed E-state index contributed by atoms with van der Waals surface area (Å²) >= 11 is 0. The van der Waals surface area contributed by atoms with Gasteiger partial charge in [0.25, 0.3) is 0 Å². The first-order chi connectivity index (χ1) is 11.7. The lowest BCUT2D eigenvalue weighted by atomic mass is 9.87. The Bertz CT molecular complexity index is 749. The summed E-state index contributed by atoms with van der Waals surface area (Å²) in [6.45, 7) is 1.98. The van der Waals surface area contributed by atoms with Crippen LogP contribution in [0, 0.1) is 5.92 Å². The minimum atomic E-state index is -0.0282. The number of carbonyl (C=O) groups excluding carboxylic acids is 1. The van der Waals surface area contributed by atoms with Gasteiger partial charge in [-0.25, -0.2) is 9.97 Å². The Balaban J connectivity index is 1.50. The molecule has 1 saturated heterocycles. The maximum Gasteiger partial charge on any atom is 0.228 e. The highest BCUT2D eigenvalue weighted by atomic mass is 16.1. The number of hydrogen-bond donors (Lipinski definition) is 1. The van der Waals surface area contributed by atoms with E-state index in [4.69, 9.17) is 0 Å². The van der Waals surface area contributed by atoms with E-state index in [-0.39, 0.29) is 11.8 Å². The monoisotopic (exact) mass is 326 g/mol. The number of aromatic nitrogens is 4. The lowest BCUT2D eigenvalue weighted by molar-refractivity contribution is -0.120. The van der Waals surface area contributed by atoms with E-state index in [1.165, 1.54) is 24.1 Å². The van der Waals surface area contributed by atoms with Crippen molar-refractivity contribution in [1.29, 1.82) is 0 Å². The van der Waals surface area contributed by atoms with Gasteiger partial charge in [-0.3, -0.25) is 9.48 Å². The summed E-state index contributed by atoms with van der Waals surface area (Å²) in [4.78, 5) is 23.5. The molecular formula is C17H22N6O. The molecule has 126 valence electrons. The molecule has 7 heteroatoms. The van der Waals surface area contributed by atoms with Crippen LogP contribution < -0.4 is 10.2 Å². The van der Waals surface area contributed by atoms with Crippen LogP contribution in [0.4, 0.5) is 11.5 Å². The molecule has 0 bridgehead atoms. The van der Waals surface area contributed by atoms with Crippen molar-refractivity contribution in [3.8, 4) is 0 Å². The predicted molar refractivity (Wildman–Crippen MR) is 90.8 cm³/mol. The molecule has 4 rings (SSSR count). The molecule has 1 aliphatic carbocycles. The third kappa shape index (κ3) is 2.74. The largest absolute Gasteiger partial charge is 0.355 e. The van der Waals surface area contributed by atoms with Crippen molar-refractivity contribution >= 4 is 17.4 Å². The average Bonchev–Trinajstić information content (AvgIpc) is 3.25. The molecule has 2 aromatic heterocycles. The highest BCUT2D eigenvalue weighted by Crippen LogP contribution is 2.29. The molecule has 24 heavy (non-hydrogen) atoms. The number of rotatable bonds is 3. The summed E-state index contributed by atoms with van der Waals surface area (Å²) < 4.78 is 1.88. The molecule has 2 aliphatic rings. The zero-order chi connectivity index (χ0) is 16.5. The molecule has 1 fully saturated rings. The first kappa shape index (κ1) is 15.1. The van der Waals surface area contributed by atoms with Crippen molar-refractivity contribution in [2.24, 2.45) is 13.0 Å². The first-order valence-electron chi connectivity index (χ1n) is 8.58. The Morgan fingerprint density at radius 1 is 1.29 bits per heavy atom. The van der Waals surface area contributed by atoms with Crippen LogP contribution in [0.3, 0.4) is 0 Å². The Kier molecular flexibility index (Phi) is 3.92. The zero-order valence-electron chi connectivity index (χ0n) is 13.9. The van der Waals surface area contributed by atoms with Crippen LogP contribution in [0.15, 0.2) is 18.7 Å². The van der Waals surface area contributed by atoms with E-state index in [0.717, 1.165) is 43.9 Å². The fourth-order valence-electron chi connectivity index (χ4n) is 3.70. The number of nitrogens with zero attached hydrogens (tertiary/aromatic N) is 5. The number of hydrogen-bond acceptors (Lipinski definition) is 5. The van der Waals surface area contributed by atoms with Crippen LogP contribution in [0.1, 0.15) is 30.5 Å². The van der Waals surface area contributed by atoms with Crippen molar-refractivity contribution in [2.45, 2.75) is 32.1 Å². The second-order valence-corrected chi connectivity index (χ2v) is 6.62. The van der Waals surface area contributed by atoms with Crippen LogP contribution in [-0.2, 0) is 24.7 Å². The standard InChI is InChI=1S/C17H22N6O/c1-22-15-8-12(4-5-13(15)9-20-22)17(24)21-14-10-18-11-19-16(14)23-6-2-3-7-23/h9-12H,2-8H2,1H3,(H,21,24). The molecule has 1 N–H and O–H groups in total. The molecular weight excluding hydrogens is 304 g/mol. The van der Waals surface area contributed by atoms with E-state index >= 15 is 0 Å². The SMILES string of the molecule is Cn1ncc2c1CC(C(=O)Nc1cncnc1N1CCCC1)CC2. The molecule has 3 heterocycles. The highest BCUT2D eigenvalue weighted by molar-refractivity contribution is 5.95. The van der Waals surface area contributed by atoms with Gasteiger partial charge < -0.3 is 10.2 Å². The Morgan fingerprint density at radius 2 is 2.12 bits per heavy atom. The molecule has 1 unspecified atom stereocenters. The van der Waals surface area contributed by atoms with Gasteiger partial charge in [0.1, 0.15) is 12.0 Å². The lowest BCUT2D eigenvalue weighted by Gasteiger charge is -2.24. The maximum atomic E-state index is 12.8. The van der Waals surface area contributed by atoms with E-state index in [1.54, 1.807) is 12.5 Å². The van der Waals surface area contributed by atoms with Gasteiger partial charge in [-0.05, 0) is 31.2 Å². The lowest BCUT2D eigenvalue weighted by Crippen LogP contribution is -2.30. The zero-order valence-corrected chi connectivity index (χ0v) is 13.9. The summed E-state index contributed by atoms with van der Waals surface area (Å²) in [5.41, 5.74) is 3.16. The average molecular weight is 326 g/mol. The van der Waals surface area contributed by atoms with Crippen LogP contribution in [-0.4, -0.2) is 38.7 Å². The molecule has 1 aliphatic heterocycles. The molecule has 1 atom stereocenters. The van der Waals surface area contributed by atoms with Crippen LogP contribution >= 0.6 is 0 Å². The normalized spacial score (nSPS) is 20.0. The van der Waals surface area contributed by atoms with E-state index in [2.05, 4.69) is 25.3 Å². The fraction of sp³-hybridized carbons (Fsp3) is 0.529. The maximum absolute atomic E-state index is 12.8. The molecule has 0 spiro atoms. The molecule has 1 amide bonds. The summed E-state index contributed by atoms with van der Waals surface area (Å²) in [6.07, 6.45) is 10.0. The van der Waals surface area contributed by atoms with Crippen LogP contribution in [0.5, 0.6) is 0 Å². The van der Waals surface area contributed by atoms with Crippen molar-refractivity contribution in [3.63, 3.8) is 0 Å². The molecule has 0 radical (unpaired) electrons. The fourth-order valence-corrected chi connectivity index (χ4v) is 3.70. The summed E-state index contributed by atoms with van der Waals surface area (Å²) in [6, 6.07) is 0. The van der Waals surface area contributed by atoms with E-state index in [1.807, 2.05) is 17.9 Å². The second-order valence-electron chi connectivity index (χ2n) is 6.62. The minimum Gasteiger partial charge on any atom is -0.355 e. The van der Waals surface area contributed by atoms with Gasteiger partial charge in [-0.15, -0.1) is 0 Å². The number of nitrogens with one attached hydrogen (secondary N) is 1. The number of amides is 1. The Hall–Kier alpha value is -2.44. The predicted octanol–water partition coefficient (Wildman–Crippen LogP) is 1.55. The minimum absolute atomic E-state index is 0.0282. The Labute approximate surface area is 141 Å². The van der Waals surface area contributed by atoms with Gasteiger partial charge in [-0.1, -0.05) is 0 Å². The van der Waals surface area contributed by atoms with Gasteiger partial charge in [0.2, 0.25) is 5.91 Å². The van der Waals surface area contributed by atoms with Crippen LogP contribution in [0.25, 0.3) is 0 Å². The number of aryl methyl sites for hydroxylation is 2. The molecule has 0 saturated carbocycles.